The van der Waals surface area contributed by atoms with Gasteiger partial charge in [-0.25, -0.2) is 4.99 Å². The molecule has 0 saturated carbocycles. The van der Waals surface area contributed by atoms with Crippen LogP contribution in [-0.4, -0.2) is 25.3 Å². The van der Waals surface area contributed by atoms with Crippen LogP contribution in [0.2, 0.25) is 0 Å². The molecule has 24 heavy (non-hydrogen) atoms. The lowest BCUT2D eigenvalue weighted by Gasteiger charge is -2.16. The van der Waals surface area contributed by atoms with Gasteiger partial charge in [-0.15, -0.1) is 0 Å². The van der Waals surface area contributed by atoms with E-state index in [1.54, 1.807) is 0 Å². The van der Waals surface area contributed by atoms with Crippen LogP contribution >= 0.6 is 0 Å². The number of rotatable bonds is 5. The van der Waals surface area contributed by atoms with Gasteiger partial charge in [-0.1, -0.05) is 31.2 Å². The fraction of sp³-hybridized carbons (Fsp3) is 0.350. The number of nitrogens with zero attached hydrogens (tertiary/aromatic N) is 1. The second kappa shape index (κ2) is 6.95. The molecule has 0 aliphatic carbocycles. The second-order valence-electron chi connectivity index (χ2n) is 6.15. The molecule has 0 aromatic heterocycles. The molecule has 4 nitrogen and oxygen atoms in total. The number of amidine groups is 1. The quantitative estimate of drug-likeness (QED) is 0.914. The van der Waals surface area contributed by atoms with E-state index in [2.05, 4.69) is 56.1 Å². The standard InChI is InChI=1S/C20H24N2O2/c1-4-15-10-16(23-12-17-11-22-20(21)24-17)8-9-19(15)18-7-5-6-13(2)14(18)3/h5-10,17H,4,11-12H2,1-3H3,(H2,21,22)/t17-/m0/s1. The van der Waals surface area contributed by atoms with E-state index >= 15 is 0 Å². The summed E-state index contributed by atoms with van der Waals surface area (Å²) in [6.07, 6.45) is 0.865. The zero-order chi connectivity index (χ0) is 17.1. The Bertz CT molecular complexity index is 768. The van der Waals surface area contributed by atoms with Gasteiger partial charge < -0.3 is 15.2 Å². The number of nitrogens with two attached hydrogens (primary N) is 1. The van der Waals surface area contributed by atoms with Gasteiger partial charge in [0.2, 0.25) is 0 Å². The molecule has 1 aliphatic heterocycles. The molecule has 1 atom stereocenters. The van der Waals surface area contributed by atoms with Crippen molar-refractivity contribution in [1.29, 1.82) is 0 Å². The molecule has 1 heterocycles. The predicted molar refractivity (Wildman–Crippen MR) is 97.6 cm³/mol. The summed E-state index contributed by atoms with van der Waals surface area (Å²) in [5, 5.41) is 0. The molecule has 0 radical (unpaired) electrons. The Hall–Kier alpha value is -2.49. The van der Waals surface area contributed by atoms with Crippen molar-refractivity contribution in [2.24, 2.45) is 10.7 Å². The molecule has 0 saturated heterocycles. The van der Waals surface area contributed by atoms with E-state index in [1.807, 2.05) is 6.07 Å². The van der Waals surface area contributed by atoms with Gasteiger partial charge in [-0.3, -0.25) is 0 Å². The Kier molecular flexibility index (Phi) is 4.74. The fourth-order valence-corrected chi connectivity index (χ4v) is 2.97. The maximum absolute atomic E-state index is 5.87. The van der Waals surface area contributed by atoms with Crippen LogP contribution in [0.4, 0.5) is 0 Å². The summed E-state index contributed by atoms with van der Waals surface area (Å²) in [5.41, 5.74) is 12.0. The monoisotopic (exact) mass is 324 g/mol. The van der Waals surface area contributed by atoms with Gasteiger partial charge in [0.05, 0.1) is 6.54 Å². The van der Waals surface area contributed by atoms with E-state index in [4.69, 9.17) is 15.2 Å². The van der Waals surface area contributed by atoms with Gasteiger partial charge in [0.25, 0.3) is 6.02 Å². The first-order valence-electron chi connectivity index (χ1n) is 8.37. The van der Waals surface area contributed by atoms with Gasteiger partial charge in [0.1, 0.15) is 12.4 Å². The van der Waals surface area contributed by atoms with E-state index in [9.17, 15) is 0 Å². The highest BCUT2D eigenvalue weighted by Crippen LogP contribution is 2.31. The lowest BCUT2D eigenvalue weighted by molar-refractivity contribution is 0.141. The zero-order valence-electron chi connectivity index (χ0n) is 14.5. The predicted octanol–water partition coefficient (Wildman–Crippen LogP) is 3.63. The van der Waals surface area contributed by atoms with Crippen molar-refractivity contribution in [1.82, 2.24) is 0 Å². The fourth-order valence-electron chi connectivity index (χ4n) is 2.97. The summed E-state index contributed by atoms with van der Waals surface area (Å²) in [6.45, 7) is 7.51. The minimum Gasteiger partial charge on any atom is -0.490 e. The molecule has 0 unspecified atom stereocenters. The molecule has 0 amide bonds. The first kappa shape index (κ1) is 16.4. The molecule has 1 aliphatic rings. The first-order chi connectivity index (χ1) is 11.6. The van der Waals surface area contributed by atoms with Crippen molar-refractivity contribution in [3.05, 3.63) is 53.1 Å². The average Bonchev–Trinajstić information content (AvgIpc) is 3.01. The number of aryl methyl sites for hydroxylation is 2. The zero-order valence-corrected chi connectivity index (χ0v) is 14.5. The van der Waals surface area contributed by atoms with Crippen LogP contribution in [0.5, 0.6) is 5.75 Å². The second-order valence-corrected chi connectivity index (χ2v) is 6.15. The summed E-state index contributed by atoms with van der Waals surface area (Å²) in [6, 6.07) is 13.0. The van der Waals surface area contributed by atoms with E-state index in [0.29, 0.717) is 13.2 Å². The number of aliphatic imine (C=N–C) groups is 1. The van der Waals surface area contributed by atoms with Gasteiger partial charge >= 0.3 is 0 Å². The Morgan fingerprint density at radius 3 is 2.75 bits per heavy atom. The molecule has 2 aromatic rings. The van der Waals surface area contributed by atoms with Crippen molar-refractivity contribution in [2.75, 3.05) is 13.2 Å². The minimum atomic E-state index is -0.0891. The number of benzene rings is 2. The van der Waals surface area contributed by atoms with E-state index < -0.39 is 0 Å². The van der Waals surface area contributed by atoms with Crippen molar-refractivity contribution in [3.63, 3.8) is 0 Å². The molecule has 0 spiro atoms. The topological polar surface area (TPSA) is 56.8 Å². The molecule has 0 bridgehead atoms. The summed E-state index contributed by atoms with van der Waals surface area (Å²) in [7, 11) is 0. The van der Waals surface area contributed by atoms with E-state index in [1.165, 1.54) is 27.8 Å². The van der Waals surface area contributed by atoms with Gasteiger partial charge in [-0.2, -0.15) is 0 Å². The lowest BCUT2D eigenvalue weighted by atomic mass is 9.92. The third-order valence-electron chi connectivity index (χ3n) is 4.53. The molecule has 0 fully saturated rings. The van der Waals surface area contributed by atoms with Crippen LogP contribution in [0.15, 0.2) is 41.4 Å². The van der Waals surface area contributed by atoms with Crippen molar-refractivity contribution in [3.8, 4) is 16.9 Å². The Balaban J connectivity index is 1.79. The molecule has 2 aromatic carbocycles. The third-order valence-corrected chi connectivity index (χ3v) is 4.53. The SMILES string of the molecule is CCc1cc(OC[C@@H]2CN=C(N)O2)ccc1-c1cccc(C)c1C. The molecule has 2 N–H and O–H groups in total. The molecule has 3 rings (SSSR count). The minimum absolute atomic E-state index is 0.0891. The normalized spacial score (nSPS) is 16.6. The van der Waals surface area contributed by atoms with Crippen LogP contribution in [0.1, 0.15) is 23.6 Å². The van der Waals surface area contributed by atoms with Crippen LogP contribution in [-0.2, 0) is 11.2 Å². The van der Waals surface area contributed by atoms with Crippen molar-refractivity contribution in [2.45, 2.75) is 33.3 Å². The third kappa shape index (κ3) is 3.37. The highest BCUT2D eigenvalue weighted by Gasteiger charge is 2.18. The Labute approximate surface area is 143 Å². The highest BCUT2D eigenvalue weighted by atomic mass is 16.5. The van der Waals surface area contributed by atoms with E-state index in [0.717, 1.165) is 12.2 Å². The smallest absolute Gasteiger partial charge is 0.282 e. The van der Waals surface area contributed by atoms with Crippen molar-refractivity contribution < 1.29 is 9.47 Å². The summed E-state index contributed by atoms with van der Waals surface area (Å²) >= 11 is 0. The average molecular weight is 324 g/mol. The van der Waals surface area contributed by atoms with Gasteiger partial charge in [0, 0.05) is 0 Å². The maximum Gasteiger partial charge on any atom is 0.282 e. The van der Waals surface area contributed by atoms with Gasteiger partial charge in [0.15, 0.2) is 6.10 Å². The van der Waals surface area contributed by atoms with Crippen LogP contribution in [0.3, 0.4) is 0 Å². The summed E-state index contributed by atoms with van der Waals surface area (Å²) in [4.78, 5) is 4.03. The number of ether oxygens (including phenoxy) is 2. The molecule has 126 valence electrons. The summed E-state index contributed by atoms with van der Waals surface area (Å²) < 4.78 is 11.2. The van der Waals surface area contributed by atoms with E-state index in [-0.39, 0.29) is 12.1 Å². The number of hydrogen-bond donors (Lipinski definition) is 1. The maximum atomic E-state index is 5.87. The lowest BCUT2D eigenvalue weighted by Crippen LogP contribution is -2.24. The molecular formula is C20H24N2O2. The number of hydrogen-bond acceptors (Lipinski definition) is 4. The van der Waals surface area contributed by atoms with Crippen LogP contribution < -0.4 is 10.5 Å². The van der Waals surface area contributed by atoms with Crippen LogP contribution in [0, 0.1) is 13.8 Å². The van der Waals surface area contributed by atoms with Crippen LogP contribution in [0.25, 0.3) is 11.1 Å². The van der Waals surface area contributed by atoms with Gasteiger partial charge in [-0.05, 0) is 60.2 Å². The van der Waals surface area contributed by atoms with Crippen molar-refractivity contribution >= 4 is 6.02 Å². The highest BCUT2D eigenvalue weighted by molar-refractivity contribution is 5.73. The Morgan fingerprint density at radius 2 is 2.04 bits per heavy atom. The Morgan fingerprint density at radius 1 is 1.21 bits per heavy atom. The first-order valence-corrected chi connectivity index (χ1v) is 8.37. The summed E-state index contributed by atoms with van der Waals surface area (Å²) in [5.74, 6) is 0.856. The largest absolute Gasteiger partial charge is 0.490 e. The molecule has 4 heteroatoms. The molecular weight excluding hydrogens is 300 g/mol.